The molecule has 0 saturated carbocycles. The molecule has 0 saturated heterocycles. The maximum Gasteiger partial charge on any atom is 0.261 e. The van der Waals surface area contributed by atoms with Crippen molar-refractivity contribution in [2.45, 2.75) is 13.8 Å². The molecule has 2 amide bonds. The third kappa shape index (κ3) is 4.71. The van der Waals surface area contributed by atoms with Gasteiger partial charge in [0.15, 0.2) is 5.13 Å². The zero-order chi connectivity index (χ0) is 19.2. The number of carbonyl (C=O) groups is 2. The highest BCUT2D eigenvalue weighted by atomic mass is 32.1. The summed E-state index contributed by atoms with van der Waals surface area (Å²) in [6, 6.07) is 14.5. The van der Waals surface area contributed by atoms with Crippen molar-refractivity contribution < 1.29 is 14.3 Å². The molecule has 27 heavy (non-hydrogen) atoms. The molecule has 3 aromatic rings. The maximum absolute atomic E-state index is 12.5. The molecule has 138 valence electrons. The van der Waals surface area contributed by atoms with Crippen molar-refractivity contribution in [3.05, 3.63) is 59.5 Å². The average molecular weight is 381 g/mol. The van der Waals surface area contributed by atoms with Crippen molar-refractivity contribution >= 4 is 34.0 Å². The van der Waals surface area contributed by atoms with Crippen LogP contribution in [0.1, 0.15) is 24.2 Å². The van der Waals surface area contributed by atoms with Gasteiger partial charge in [0.1, 0.15) is 5.75 Å². The molecule has 0 spiro atoms. The van der Waals surface area contributed by atoms with E-state index < -0.39 is 0 Å². The highest BCUT2D eigenvalue weighted by Crippen LogP contribution is 2.27. The molecule has 0 bridgehead atoms. The van der Waals surface area contributed by atoms with Crippen LogP contribution in [0, 0.1) is 0 Å². The first-order chi connectivity index (χ1) is 13.1. The highest BCUT2D eigenvalue weighted by Gasteiger charge is 2.14. The Morgan fingerprint density at radius 2 is 1.81 bits per heavy atom. The first-order valence-electron chi connectivity index (χ1n) is 8.43. The SMILES string of the molecule is CCOc1ccccc1C(=O)Nc1nc(-c2ccc(NC(C)=O)cc2)cs1. The van der Waals surface area contributed by atoms with Crippen LogP contribution in [0.5, 0.6) is 5.75 Å². The smallest absolute Gasteiger partial charge is 0.261 e. The second-order valence-electron chi connectivity index (χ2n) is 5.68. The maximum atomic E-state index is 12.5. The third-order valence-corrected chi connectivity index (χ3v) is 4.41. The van der Waals surface area contributed by atoms with E-state index in [1.807, 2.05) is 42.6 Å². The number of para-hydroxylation sites is 1. The van der Waals surface area contributed by atoms with Gasteiger partial charge in [-0.05, 0) is 31.2 Å². The van der Waals surface area contributed by atoms with Crippen LogP contribution in [-0.4, -0.2) is 23.4 Å². The van der Waals surface area contributed by atoms with Crippen molar-refractivity contribution in [1.29, 1.82) is 0 Å². The van der Waals surface area contributed by atoms with Crippen molar-refractivity contribution in [3.63, 3.8) is 0 Å². The summed E-state index contributed by atoms with van der Waals surface area (Å²) < 4.78 is 5.50. The van der Waals surface area contributed by atoms with Gasteiger partial charge in [-0.25, -0.2) is 4.98 Å². The number of amides is 2. The second kappa shape index (κ2) is 8.46. The van der Waals surface area contributed by atoms with Crippen LogP contribution >= 0.6 is 11.3 Å². The van der Waals surface area contributed by atoms with E-state index in [4.69, 9.17) is 4.74 Å². The number of rotatable bonds is 6. The number of nitrogens with one attached hydrogen (secondary N) is 2. The molecule has 0 aliphatic heterocycles. The van der Waals surface area contributed by atoms with Gasteiger partial charge in [-0.1, -0.05) is 24.3 Å². The molecular formula is C20H19N3O3S. The van der Waals surface area contributed by atoms with Crippen LogP contribution < -0.4 is 15.4 Å². The summed E-state index contributed by atoms with van der Waals surface area (Å²) in [5.74, 6) is 0.164. The Morgan fingerprint density at radius 3 is 2.52 bits per heavy atom. The van der Waals surface area contributed by atoms with Gasteiger partial charge in [-0.2, -0.15) is 0 Å². The van der Waals surface area contributed by atoms with Gasteiger partial charge in [0.05, 0.1) is 17.9 Å². The minimum atomic E-state index is -0.263. The van der Waals surface area contributed by atoms with Crippen LogP contribution in [0.4, 0.5) is 10.8 Å². The van der Waals surface area contributed by atoms with Crippen LogP contribution in [0.15, 0.2) is 53.9 Å². The Morgan fingerprint density at radius 1 is 1.07 bits per heavy atom. The van der Waals surface area contributed by atoms with Crippen molar-refractivity contribution in [3.8, 4) is 17.0 Å². The fourth-order valence-corrected chi connectivity index (χ4v) is 3.21. The van der Waals surface area contributed by atoms with Crippen molar-refractivity contribution in [2.24, 2.45) is 0 Å². The summed E-state index contributed by atoms with van der Waals surface area (Å²) in [5, 5.41) is 7.92. The fraction of sp³-hybridized carbons (Fsp3) is 0.150. The second-order valence-corrected chi connectivity index (χ2v) is 6.54. The Bertz CT molecular complexity index is 951. The molecule has 1 heterocycles. The zero-order valence-electron chi connectivity index (χ0n) is 15.0. The Labute approximate surface area is 161 Å². The lowest BCUT2D eigenvalue weighted by Crippen LogP contribution is -2.13. The first-order valence-corrected chi connectivity index (χ1v) is 9.31. The summed E-state index contributed by atoms with van der Waals surface area (Å²) in [7, 11) is 0. The molecule has 0 aliphatic carbocycles. The molecule has 1 aromatic heterocycles. The molecule has 0 unspecified atom stereocenters. The lowest BCUT2D eigenvalue weighted by molar-refractivity contribution is -0.114. The molecule has 0 radical (unpaired) electrons. The number of anilines is 2. The standard InChI is InChI=1S/C20H19N3O3S/c1-3-26-18-7-5-4-6-16(18)19(25)23-20-22-17(12-27-20)14-8-10-15(11-9-14)21-13(2)24/h4-12H,3H2,1-2H3,(H,21,24)(H,22,23,25). The largest absolute Gasteiger partial charge is 0.493 e. The number of thiazole rings is 1. The van der Waals surface area contributed by atoms with Crippen LogP contribution in [-0.2, 0) is 4.79 Å². The van der Waals surface area contributed by atoms with E-state index in [1.54, 1.807) is 18.2 Å². The van der Waals surface area contributed by atoms with E-state index in [2.05, 4.69) is 15.6 Å². The van der Waals surface area contributed by atoms with E-state index in [-0.39, 0.29) is 11.8 Å². The predicted molar refractivity (Wildman–Crippen MR) is 107 cm³/mol. The molecule has 0 atom stereocenters. The summed E-state index contributed by atoms with van der Waals surface area (Å²) in [6.07, 6.45) is 0. The number of nitrogens with zero attached hydrogens (tertiary/aromatic N) is 1. The van der Waals surface area contributed by atoms with Gasteiger partial charge in [-0.15, -0.1) is 11.3 Å². The molecule has 2 aromatic carbocycles. The summed E-state index contributed by atoms with van der Waals surface area (Å²) in [6.45, 7) is 3.83. The first kappa shape index (κ1) is 18.6. The average Bonchev–Trinajstić information content (AvgIpc) is 3.11. The number of hydrogen-bond donors (Lipinski definition) is 2. The van der Waals surface area contributed by atoms with Crippen LogP contribution in [0.2, 0.25) is 0 Å². The number of benzene rings is 2. The fourth-order valence-electron chi connectivity index (χ4n) is 2.49. The topological polar surface area (TPSA) is 80.3 Å². The summed E-state index contributed by atoms with van der Waals surface area (Å²) in [5.41, 5.74) is 2.84. The minimum absolute atomic E-state index is 0.117. The van der Waals surface area contributed by atoms with E-state index >= 15 is 0 Å². The van der Waals surface area contributed by atoms with E-state index in [0.717, 1.165) is 16.9 Å². The van der Waals surface area contributed by atoms with E-state index in [0.29, 0.717) is 23.1 Å². The lowest BCUT2D eigenvalue weighted by Gasteiger charge is -2.08. The van der Waals surface area contributed by atoms with Gasteiger partial charge in [0.25, 0.3) is 5.91 Å². The number of hydrogen-bond acceptors (Lipinski definition) is 5. The summed E-state index contributed by atoms with van der Waals surface area (Å²) >= 11 is 1.35. The Balaban J connectivity index is 1.73. The van der Waals surface area contributed by atoms with E-state index in [1.165, 1.54) is 18.3 Å². The quantitative estimate of drug-likeness (QED) is 0.662. The lowest BCUT2D eigenvalue weighted by atomic mass is 10.1. The molecule has 3 rings (SSSR count). The molecule has 7 heteroatoms. The molecular weight excluding hydrogens is 362 g/mol. The number of carbonyl (C=O) groups excluding carboxylic acids is 2. The van der Waals surface area contributed by atoms with Crippen LogP contribution in [0.3, 0.4) is 0 Å². The third-order valence-electron chi connectivity index (χ3n) is 3.66. The number of aromatic nitrogens is 1. The molecule has 0 aliphatic rings. The van der Waals surface area contributed by atoms with Crippen LogP contribution in [0.25, 0.3) is 11.3 Å². The van der Waals surface area contributed by atoms with Gasteiger partial charge in [0.2, 0.25) is 5.91 Å². The normalized spacial score (nSPS) is 10.3. The summed E-state index contributed by atoms with van der Waals surface area (Å²) in [4.78, 5) is 28.1. The van der Waals surface area contributed by atoms with Gasteiger partial charge in [0, 0.05) is 23.6 Å². The minimum Gasteiger partial charge on any atom is -0.493 e. The monoisotopic (exact) mass is 381 g/mol. The zero-order valence-corrected chi connectivity index (χ0v) is 15.8. The van der Waals surface area contributed by atoms with Gasteiger partial charge < -0.3 is 10.1 Å². The number of ether oxygens (including phenoxy) is 1. The molecule has 0 fully saturated rings. The predicted octanol–water partition coefficient (Wildman–Crippen LogP) is 4.42. The van der Waals surface area contributed by atoms with Crippen molar-refractivity contribution in [2.75, 3.05) is 17.2 Å². The van der Waals surface area contributed by atoms with E-state index in [9.17, 15) is 9.59 Å². The van der Waals surface area contributed by atoms with Gasteiger partial charge in [-0.3, -0.25) is 14.9 Å². The van der Waals surface area contributed by atoms with Gasteiger partial charge >= 0.3 is 0 Å². The highest BCUT2D eigenvalue weighted by molar-refractivity contribution is 7.14. The Kier molecular flexibility index (Phi) is 5.83. The Hall–Kier alpha value is -3.19. The van der Waals surface area contributed by atoms with Crippen molar-refractivity contribution in [1.82, 2.24) is 4.98 Å². The molecule has 6 nitrogen and oxygen atoms in total. The molecule has 2 N–H and O–H groups in total.